The van der Waals surface area contributed by atoms with Gasteiger partial charge >= 0.3 is 0 Å². The minimum absolute atomic E-state index is 0.0954. The highest BCUT2D eigenvalue weighted by atomic mass is 16.5. The van der Waals surface area contributed by atoms with Gasteiger partial charge in [-0.25, -0.2) is 0 Å². The smallest absolute Gasteiger partial charge is 0.109 e. The van der Waals surface area contributed by atoms with Crippen LogP contribution in [0.2, 0.25) is 0 Å². The van der Waals surface area contributed by atoms with Gasteiger partial charge in [0.15, 0.2) is 0 Å². The van der Waals surface area contributed by atoms with Crippen LogP contribution < -0.4 is 0 Å². The molecule has 0 heterocycles. The van der Waals surface area contributed by atoms with Gasteiger partial charge in [-0.1, -0.05) is 0 Å². The summed E-state index contributed by atoms with van der Waals surface area (Å²) >= 11 is 0. The zero-order valence-electron chi connectivity index (χ0n) is 10.1. The van der Waals surface area contributed by atoms with Crippen LogP contribution in [0.3, 0.4) is 0 Å². The number of hydrogen-bond acceptors (Lipinski definition) is 2. The first-order valence-electron chi connectivity index (χ1n) is 6.66. The summed E-state index contributed by atoms with van der Waals surface area (Å²) in [5, 5.41) is 8.89. The number of ether oxygens (including phenoxy) is 1. The number of aliphatic hydroxyl groups excluding tert-OH is 1. The summed E-state index contributed by atoms with van der Waals surface area (Å²) in [5.74, 6) is 3.69. The summed E-state index contributed by atoms with van der Waals surface area (Å²) in [4.78, 5) is 0. The van der Waals surface area contributed by atoms with Crippen molar-refractivity contribution in [3.63, 3.8) is 0 Å². The van der Waals surface area contributed by atoms with E-state index in [1.807, 2.05) is 6.92 Å². The summed E-state index contributed by atoms with van der Waals surface area (Å²) in [6, 6.07) is 0. The van der Waals surface area contributed by atoms with Crippen LogP contribution in [0.1, 0.15) is 45.4 Å². The third-order valence-corrected chi connectivity index (χ3v) is 4.74. The third kappa shape index (κ3) is 1.77. The van der Waals surface area contributed by atoms with Crippen LogP contribution in [0.25, 0.3) is 0 Å². The predicted octanol–water partition coefficient (Wildman–Crippen LogP) is 2.87. The molecule has 0 saturated heterocycles. The Bertz CT molecular complexity index is 271. The molecule has 0 aliphatic heterocycles. The van der Waals surface area contributed by atoms with Gasteiger partial charge in [-0.2, -0.15) is 0 Å². The summed E-state index contributed by atoms with van der Waals surface area (Å²) in [6.07, 6.45) is 9.92. The average Bonchev–Trinajstić information content (AvgIpc) is 2.13. The normalized spacial score (nSPS) is 46.1. The lowest BCUT2D eigenvalue weighted by Gasteiger charge is -2.56. The standard InChI is InChI=1S/C14H22O2/c1-10(2-3-15)16-14-7-11-4-12(8-14)6-13(5-11)9-14/h2,11-13,15H,3-9H2,1H3. The van der Waals surface area contributed by atoms with E-state index in [9.17, 15) is 0 Å². The van der Waals surface area contributed by atoms with Crippen molar-refractivity contribution < 1.29 is 9.84 Å². The Morgan fingerprint density at radius 2 is 1.69 bits per heavy atom. The molecule has 16 heavy (non-hydrogen) atoms. The summed E-state index contributed by atoms with van der Waals surface area (Å²) in [6.45, 7) is 2.08. The Morgan fingerprint density at radius 1 is 1.19 bits per heavy atom. The van der Waals surface area contributed by atoms with E-state index in [1.165, 1.54) is 38.5 Å². The van der Waals surface area contributed by atoms with Gasteiger partial charge in [0.1, 0.15) is 5.60 Å². The Kier molecular flexibility index (Phi) is 2.50. The van der Waals surface area contributed by atoms with Crippen molar-refractivity contribution in [2.45, 2.75) is 51.0 Å². The van der Waals surface area contributed by atoms with Gasteiger partial charge in [-0.15, -0.1) is 0 Å². The van der Waals surface area contributed by atoms with Crippen LogP contribution in [0.4, 0.5) is 0 Å². The average molecular weight is 222 g/mol. The maximum Gasteiger partial charge on any atom is 0.109 e. The van der Waals surface area contributed by atoms with Gasteiger partial charge in [0.25, 0.3) is 0 Å². The lowest BCUT2D eigenvalue weighted by molar-refractivity contribution is -0.138. The molecule has 0 aromatic carbocycles. The highest BCUT2D eigenvalue weighted by Gasteiger charge is 2.52. The molecule has 4 rings (SSSR count). The Morgan fingerprint density at radius 3 is 2.12 bits per heavy atom. The van der Waals surface area contributed by atoms with Crippen molar-refractivity contribution in [3.8, 4) is 0 Å². The maximum atomic E-state index is 8.89. The number of aliphatic hydroxyl groups is 1. The van der Waals surface area contributed by atoms with Gasteiger partial charge in [0.05, 0.1) is 12.4 Å². The first kappa shape index (κ1) is 10.6. The molecule has 2 nitrogen and oxygen atoms in total. The minimum Gasteiger partial charge on any atom is -0.492 e. The zero-order valence-corrected chi connectivity index (χ0v) is 10.1. The topological polar surface area (TPSA) is 29.5 Å². The van der Waals surface area contributed by atoms with E-state index in [0.717, 1.165) is 23.5 Å². The molecule has 0 radical (unpaired) electrons. The SMILES string of the molecule is CC(=CCO)OC12CC3CC(CC(C3)C1)C2. The van der Waals surface area contributed by atoms with Crippen LogP contribution in [-0.4, -0.2) is 17.3 Å². The first-order valence-corrected chi connectivity index (χ1v) is 6.66. The molecule has 1 N–H and O–H groups in total. The zero-order chi connectivity index (χ0) is 11.2. The second kappa shape index (κ2) is 3.76. The van der Waals surface area contributed by atoms with Crippen molar-refractivity contribution >= 4 is 0 Å². The monoisotopic (exact) mass is 222 g/mol. The van der Waals surface area contributed by atoms with Crippen molar-refractivity contribution in [1.82, 2.24) is 0 Å². The molecule has 0 aromatic heterocycles. The molecule has 4 aliphatic carbocycles. The minimum atomic E-state index is 0.0954. The quantitative estimate of drug-likeness (QED) is 0.744. The van der Waals surface area contributed by atoms with Crippen molar-refractivity contribution in [1.29, 1.82) is 0 Å². The van der Waals surface area contributed by atoms with E-state index < -0.39 is 0 Å². The summed E-state index contributed by atoms with van der Waals surface area (Å²) < 4.78 is 6.19. The fraction of sp³-hybridized carbons (Fsp3) is 0.857. The fourth-order valence-electron chi connectivity index (χ4n) is 4.67. The molecule has 0 aromatic rings. The van der Waals surface area contributed by atoms with E-state index in [4.69, 9.17) is 9.84 Å². The predicted molar refractivity (Wildman–Crippen MR) is 62.8 cm³/mol. The van der Waals surface area contributed by atoms with Crippen LogP contribution in [-0.2, 0) is 4.74 Å². The molecule has 0 amide bonds. The molecule has 4 saturated carbocycles. The van der Waals surface area contributed by atoms with E-state index >= 15 is 0 Å². The van der Waals surface area contributed by atoms with Crippen LogP contribution >= 0.6 is 0 Å². The number of hydrogen-bond donors (Lipinski definition) is 1. The Labute approximate surface area is 97.7 Å². The molecule has 4 aliphatic rings. The molecule has 0 atom stereocenters. The molecule has 2 heteroatoms. The van der Waals surface area contributed by atoms with E-state index in [2.05, 4.69) is 0 Å². The van der Waals surface area contributed by atoms with Crippen molar-refractivity contribution in [2.24, 2.45) is 17.8 Å². The maximum absolute atomic E-state index is 8.89. The molecular formula is C14H22O2. The second-order valence-electron chi connectivity index (χ2n) is 6.20. The third-order valence-electron chi connectivity index (χ3n) is 4.74. The number of allylic oxidation sites excluding steroid dienone is 1. The molecule has 4 fully saturated rings. The van der Waals surface area contributed by atoms with Crippen LogP contribution in [0.15, 0.2) is 11.8 Å². The molecule has 90 valence electrons. The van der Waals surface area contributed by atoms with Crippen molar-refractivity contribution in [3.05, 3.63) is 11.8 Å². The summed E-state index contributed by atoms with van der Waals surface area (Å²) in [7, 11) is 0. The fourth-order valence-corrected chi connectivity index (χ4v) is 4.67. The first-order chi connectivity index (χ1) is 7.69. The van der Waals surface area contributed by atoms with Gasteiger partial charge in [0.2, 0.25) is 0 Å². The Hall–Kier alpha value is -0.500. The number of rotatable bonds is 3. The van der Waals surface area contributed by atoms with Gasteiger partial charge in [0, 0.05) is 0 Å². The molecule has 0 unspecified atom stereocenters. The highest BCUT2D eigenvalue weighted by molar-refractivity contribution is 5.05. The lowest BCUT2D eigenvalue weighted by atomic mass is 9.54. The molecule has 4 bridgehead atoms. The second-order valence-corrected chi connectivity index (χ2v) is 6.20. The highest BCUT2D eigenvalue weighted by Crippen LogP contribution is 2.57. The van der Waals surface area contributed by atoms with Gasteiger partial charge in [-0.05, 0) is 69.3 Å². The molecular weight excluding hydrogens is 200 g/mol. The largest absolute Gasteiger partial charge is 0.492 e. The van der Waals surface area contributed by atoms with E-state index in [1.54, 1.807) is 6.08 Å². The van der Waals surface area contributed by atoms with Gasteiger partial charge in [-0.3, -0.25) is 0 Å². The van der Waals surface area contributed by atoms with Crippen LogP contribution in [0.5, 0.6) is 0 Å². The van der Waals surface area contributed by atoms with Crippen LogP contribution in [0, 0.1) is 17.8 Å². The van der Waals surface area contributed by atoms with E-state index in [0.29, 0.717) is 0 Å². The van der Waals surface area contributed by atoms with Crippen molar-refractivity contribution in [2.75, 3.05) is 6.61 Å². The molecule has 0 spiro atoms. The lowest BCUT2D eigenvalue weighted by Crippen LogP contribution is -2.51. The van der Waals surface area contributed by atoms with Gasteiger partial charge < -0.3 is 9.84 Å². The van der Waals surface area contributed by atoms with E-state index in [-0.39, 0.29) is 12.2 Å². The summed E-state index contributed by atoms with van der Waals surface area (Å²) in [5.41, 5.74) is 0.143. The Balaban J connectivity index is 1.76.